The van der Waals surface area contributed by atoms with Crippen LogP contribution in [-0.2, 0) is 34.1 Å². The molecule has 0 saturated carbocycles. The molecule has 1 heterocycles. The van der Waals surface area contributed by atoms with E-state index < -0.39 is 17.4 Å². The molecule has 0 spiro atoms. The average molecular weight is 500 g/mol. The van der Waals surface area contributed by atoms with E-state index in [2.05, 4.69) is 10.9 Å². The summed E-state index contributed by atoms with van der Waals surface area (Å²) in [5.74, 6) is -1.23. The predicted molar refractivity (Wildman–Crippen MR) is 136 cm³/mol. The molecule has 1 amide bonds. The first kappa shape index (κ1) is 27.2. The number of benzene rings is 1. The van der Waals surface area contributed by atoms with E-state index in [0.717, 1.165) is 19.3 Å². The van der Waals surface area contributed by atoms with Crippen LogP contribution in [0.3, 0.4) is 0 Å². The van der Waals surface area contributed by atoms with Gasteiger partial charge in [-0.1, -0.05) is 19.9 Å². The lowest BCUT2D eigenvalue weighted by atomic mass is 9.75. The fourth-order valence-electron chi connectivity index (χ4n) is 4.77. The molecule has 36 heavy (non-hydrogen) atoms. The van der Waals surface area contributed by atoms with Gasteiger partial charge in [0.25, 0.3) is 0 Å². The SMILES string of the molecule is CCOC(=O)CC1(CC(=O)OCC)C(=O)N(CC(C)C)c2ccc(NNC3=CCCCCC3=O)cc21. The number of carbonyl (C=O) groups is 4. The average Bonchev–Trinajstić information content (AvgIpc) is 2.94. The van der Waals surface area contributed by atoms with Gasteiger partial charge in [0, 0.05) is 18.7 Å². The van der Waals surface area contributed by atoms with Gasteiger partial charge in [0.1, 0.15) is 0 Å². The van der Waals surface area contributed by atoms with Gasteiger partial charge in [0.05, 0.1) is 42.9 Å². The predicted octanol–water partition coefficient (Wildman–Crippen LogP) is 3.78. The highest BCUT2D eigenvalue weighted by Gasteiger charge is 2.54. The Morgan fingerprint density at radius 2 is 1.69 bits per heavy atom. The maximum absolute atomic E-state index is 13.9. The second-order valence-corrected chi connectivity index (χ2v) is 9.62. The third-order valence-electron chi connectivity index (χ3n) is 6.36. The van der Waals surface area contributed by atoms with Gasteiger partial charge in [0.2, 0.25) is 5.91 Å². The zero-order chi connectivity index (χ0) is 26.3. The van der Waals surface area contributed by atoms with Gasteiger partial charge in [-0.15, -0.1) is 0 Å². The summed E-state index contributed by atoms with van der Waals surface area (Å²) in [6, 6.07) is 5.38. The zero-order valence-electron chi connectivity index (χ0n) is 21.6. The van der Waals surface area contributed by atoms with E-state index >= 15 is 0 Å². The minimum atomic E-state index is -1.45. The normalized spacial score (nSPS) is 16.8. The topological polar surface area (TPSA) is 114 Å². The number of nitrogens with zero attached hydrogens (tertiary/aromatic N) is 1. The molecular weight excluding hydrogens is 462 g/mol. The van der Waals surface area contributed by atoms with Crippen molar-refractivity contribution in [3.8, 4) is 0 Å². The summed E-state index contributed by atoms with van der Waals surface area (Å²) in [6.45, 7) is 8.16. The first-order valence-electron chi connectivity index (χ1n) is 12.7. The maximum Gasteiger partial charge on any atom is 0.307 e. The highest BCUT2D eigenvalue weighted by atomic mass is 16.5. The van der Waals surface area contributed by atoms with Gasteiger partial charge in [-0.05, 0) is 62.8 Å². The van der Waals surface area contributed by atoms with Gasteiger partial charge >= 0.3 is 11.9 Å². The van der Waals surface area contributed by atoms with E-state index in [1.165, 1.54) is 0 Å². The number of rotatable bonds is 11. The third-order valence-corrected chi connectivity index (χ3v) is 6.36. The Kier molecular flexibility index (Phi) is 9.12. The van der Waals surface area contributed by atoms with Gasteiger partial charge in [-0.3, -0.25) is 24.6 Å². The fraction of sp³-hybridized carbons (Fsp3) is 0.556. The smallest absolute Gasteiger partial charge is 0.307 e. The molecule has 0 fully saturated rings. The Bertz CT molecular complexity index is 1010. The van der Waals surface area contributed by atoms with Crippen molar-refractivity contribution in [1.29, 1.82) is 0 Å². The first-order chi connectivity index (χ1) is 17.2. The molecule has 2 N–H and O–H groups in total. The Morgan fingerprint density at radius 1 is 1.03 bits per heavy atom. The molecule has 196 valence electrons. The summed E-state index contributed by atoms with van der Waals surface area (Å²) < 4.78 is 10.4. The van der Waals surface area contributed by atoms with Crippen LogP contribution in [0.5, 0.6) is 0 Å². The number of nitrogens with one attached hydrogen (secondary N) is 2. The molecule has 9 nitrogen and oxygen atoms in total. The van der Waals surface area contributed by atoms with Crippen molar-refractivity contribution in [3.63, 3.8) is 0 Å². The number of hydrogen-bond acceptors (Lipinski definition) is 8. The van der Waals surface area contributed by atoms with Crippen LogP contribution in [0.25, 0.3) is 0 Å². The number of fused-ring (bicyclic) bond motifs is 1. The number of amides is 1. The first-order valence-corrected chi connectivity index (χ1v) is 12.7. The minimum Gasteiger partial charge on any atom is -0.466 e. The summed E-state index contributed by atoms with van der Waals surface area (Å²) >= 11 is 0. The number of ether oxygens (including phenoxy) is 2. The van der Waals surface area contributed by atoms with Crippen LogP contribution in [0.2, 0.25) is 0 Å². The van der Waals surface area contributed by atoms with Crippen molar-refractivity contribution in [2.45, 2.75) is 71.6 Å². The lowest BCUT2D eigenvalue weighted by Crippen LogP contribution is -2.45. The van der Waals surface area contributed by atoms with E-state index in [1.54, 1.807) is 36.9 Å². The number of anilines is 2. The van der Waals surface area contributed by atoms with E-state index in [1.807, 2.05) is 19.9 Å². The Balaban J connectivity index is 2.02. The van der Waals surface area contributed by atoms with Crippen LogP contribution in [-0.4, -0.2) is 43.4 Å². The summed E-state index contributed by atoms with van der Waals surface area (Å²) in [6.07, 6.45) is 4.47. The van der Waals surface area contributed by atoms with Crippen LogP contribution >= 0.6 is 0 Å². The molecule has 0 radical (unpaired) electrons. The summed E-state index contributed by atoms with van der Waals surface area (Å²) in [5, 5.41) is 0. The number of ketones is 1. The lowest BCUT2D eigenvalue weighted by molar-refractivity contribution is -0.151. The van der Waals surface area contributed by atoms with Crippen LogP contribution in [0.1, 0.15) is 71.8 Å². The quantitative estimate of drug-likeness (QED) is 0.349. The fourth-order valence-corrected chi connectivity index (χ4v) is 4.77. The van der Waals surface area contributed by atoms with Crippen molar-refractivity contribution in [3.05, 3.63) is 35.5 Å². The Hall–Kier alpha value is -3.36. The lowest BCUT2D eigenvalue weighted by Gasteiger charge is -2.28. The van der Waals surface area contributed by atoms with E-state index in [0.29, 0.717) is 35.6 Å². The number of esters is 2. The maximum atomic E-state index is 13.9. The second-order valence-electron chi connectivity index (χ2n) is 9.62. The highest BCUT2D eigenvalue weighted by molar-refractivity contribution is 6.11. The van der Waals surface area contributed by atoms with Crippen LogP contribution in [0.15, 0.2) is 30.0 Å². The third kappa shape index (κ3) is 6.06. The van der Waals surface area contributed by atoms with E-state index in [-0.39, 0.29) is 43.7 Å². The molecule has 0 saturated heterocycles. The standard InChI is InChI=1S/C27H37N3O6/c1-5-35-24(32)15-27(16-25(33)36-6-2)20-14-19(28-29-21-10-8-7-9-11-23(21)31)12-13-22(20)30(26(27)34)17-18(3)4/h10,12-14,18,28-29H,5-9,11,15-17H2,1-4H3. The van der Waals surface area contributed by atoms with Crippen molar-refractivity contribution < 1.29 is 28.7 Å². The second kappa shape index (κ2) is 12.1. The zero-order valence-corrected chi connectivity index (χ0v) is 21.6. The Labute approximate surface area is 212 Å². The number of carbonyl (C=O) groups excluding carboxylic acids is 4. The number of hydrazine groups is 1. The van der Waals surface area contributed by atoms with Gasteiger partial charge < -0.3 is 19.8 Å². The van der Waals surface area contributed by atoms with Gasteiger partial charge in [0.15, 0.2) is 5.78 Å². The molecule has 9 heteroatoms. The molecule has 0 unspecified atom stereocenters. The van der Waals surface area contributed by atoms with Crippen molar-refractivity contribution in [2.24, 2.45) is 5.92 Å². The molecule has 1 aliphatic heterocycles. The molecule has 0 atom stereocenters. The molecule has 0 aromatic heterocycles. The van der Waals surface area contributed by atoms with Gasteiger partial charge in [-0.25, -0.2) is 0 Å². The van der Waals surface area contributed by atoms with Gasteiger partial charge in [-0.2, -0.15) is 0 Å². The summed E-state index contributed by atoms with van der Waals surface area (Å²) in [4.78, 5) is 53.3. The van der Waals surface area contributed by atoms with Crippen molar-refractivity contribution in [1.82, 2.24) is 5.43 Å². The van der Waals surface area contributed by atoms with Crippen molar-refractivity contribution in [2.75, 3.05) is 30.1 Å². The number of hydrogen-bond donors (Lipinski definition) is 2. The number of Topliss-reactive ketones (excluding diaryl/α,β-unsaturated/α-hetero) is 1. The molecule has 2 aliphatic rings. The largest absolute Gasteiger partial charge is 0.466 e. The minimum absolute atomic E-state index is 0.0402. The van der Waals surface area contributed by atoms with Crippen molar-refractivity contribution >= 4 is 35.0 Å². The number of allylic oxidation sites excluding steroid dienone is 2. The van der Waals surface area contributed by atoms with Crippen LogP contribution in [0, 0.1) is 5.92 Å². The molecule has 3 rings (SSSR count). The molecule has 1 aromatic rings. The summed E-state index contributed by atoms with van der Waals surface area (Å²) in [7, 11) is 0. The van der Waals surface area contributed by atoms with E-state index in [9.17, 15) is 19.2 Å². The molecule has 1 aromatic carbocycles. The van der Waals surface area contributed by atoms with Crippen LogP contribution < -0.4 is 15.8 Å². The summed E-state index contributed by atoms with van der Waals surface area (Å²) in [5.41, 5.74) is 6.94. The van der Waals surface area contributed by atoms with Crippen LogP contribution in [0.4, 0.5) is 11.4 Å². The molecular formula is C27H37N3O6. The molecule has 0 bridgehead atoms. The monoisotopic (exact) mass is 499 g/mol. The molecule has 1 aliphatic carbocycles. The van der Waals surface area contributed by atoms with E-state index in [4.69, 9.17) is 9.47 Å². The highest BCUT2D eigenvalue weighted by Crippen LogP contribution is 2.48. The Morgan fingerprint density at radius 3 is 2.31 bits per heavy atom.